The molecule has 7 nitrogen and oxygen atoms in total. The van der Waals surface area contributed by atoms with Crippen molar-refractivity contribution in [3.05, 3.63) is 53.1 Å². The second-order valence-corrected chi connectivity index (χ2v) is 10.2. The molecule has 2 aliphatic heterocycles. The molecule has 1 aliphatic carbocycles. The van der Waals surface area contributed by atoms with Gasteiger partial charge in [-0.1, -0.05) is 37.5 Å². The molecule has 2 N–H and O–H groups in total. The zero-order chi connectivity index (χ0) is 24.9. The lowest BCUT2D eigenvalue weighted by atomic mass is 9.82. The quantitative estimate of drug-likeness (QED) is 0.560. The molecular formula is C29H37N3O4. The average Bonchev–Trinajstić information content (AvgIpc) is 3.19. The number of carbonyl (C=O) groups is 2. The highest BCUT2D eigenvalue weighted by Gasteiger charge is 2.31. The minimum Gasteiger partial charge on any atom is -0.492 e. The van der Waals surface area contributed by atoms with E-state index in [0.717, 1.165) is 55.4 Å². The SMILES string of the molecule is CC(=O)Nc1ccc2c(c1)NC(=O)C2Cc1ccc(OCCN2CCOCC2)c(C2CCCCC2)c1. The molecule has 3 aliphatic rings. The van der Waals surface area contributed by atoms with E-state index < -0.39 is 0 Å². The van der Waals surface area contributed by atoms with E-state index in [0.29, 0.717) is 24.6 Å². The number of hydrogen-bond acceptors (Lipinski definition) is 5. The lowest BCUT2D eigenvalue weighted by molar-refractivity contribution is -0.117. The summed E-state index contributed by atoms with van der Waals surface area (Å²) < 4.78 is 11.8. The Balaban J connectivity index is 1.32. The van der Waals surface area contributed by atoms with Gasteiger partial charge in [-0.15, -0.1) is 0 Å². The fourth-order valence-corrected chi connectivity index (χ4v) is 5.75. The summed E-state index contributed by atoms with van der Waals surface area (Å²) >= 11 is 0. The van der Waals surface area contributed by atoms with Gasteiger partial charge in [0.15, 0.2) is 0 Å². The molecule has 2 aromatic carbocycles. The van der Waals surface area contributed by atoms with Gasteiger partial charge < -0.3 is 20.1 Å². The third-order valence-corrected chi connectivity index (χ3v) is 7.65. The van der Waals surface area contributed by atoms with E-state index in [9.17, 15) is 9.59 Å². The predicted octanol–water partition coefficient (Wildman–Crippen LogP) is 4.68. The molecule has 36 heavy (non-hydrogen) atoms. The number of fused-ring (bicyclic) bond motifs is 1. The number of hydrogen-bond donors (Lipinski definition) is 2. The normalized spacial score (nSPS) is 20.6. The smallest absolute Gasteiger partial charge is 0.232 e. The zero-order valence-corrected chi connectivity index (χ0v) is 21.2. The lowest BCUT2D eigenvalue weighted by Gasteiger charge is -2.28. The van der Waals surface area contributed by atoms with Gasteiger partial charge in [0.1, 0.15) is 12.4 Å². The molecule has 0 bridgehead atoms. The molecule has 1 saturated carbocycles. The number of nitrogens with zero attached hydrogens (tertiary/aromatic N) is 1. The van der Waals surface area contributed by atoms with Crippen LogP contribution < -0.4 is 15.4 Å². The third-order valence-electron chi connectivity index (χ3n) is 7.65. The topological polar surface area (TPSA) is 79.9 Å². The van der Waals surface area contributed by atoms with E-state index >= 15 is 0 Å². The average molecular weight is 492 g/mol. The molecule has 1 saturated heterocycles. The van der Waals surface area contributed by atoms with Gasteiger partial charge in [0.05, 0.1) is 19.1 Å². The molecule has 192 valence electrons. The number of rotatable bonds is 8. The Morgan fingerprint density at radius 2 is 1.89 bits per heavy atom. The predicted molar refractivity (Wildman–Crippen MR) is 141 cm³/mol. The summed E-state index contributed by atoms with van der Waals surface area (Å²) in [5, 5.41) is 5.79. The van der Waals surface area contributed by atoms with Crippen LogP contribution in [-0.4, -0.2) is 56.2 Å². The van der Waals surface area contributed by atoms with Crippen molar-refractivity contribution in [1.29, 1.82) is 0 Å². The summed E-state index contributed by atoms with van der Waals surface area (Å²) in [6.07, 6.45) is 6.87. The Labute approximate surface area is 213 Å². The maximum absolute atomic E-state index is 12.9. The van der Waals surface area contributed by atoms with Crippen molar-refractivity contribution in [1.82, 2.24) is 4.90 Å². The van der Waals surface area contributed by atoms with Gasteiger partial charge >= 0.3 is 0 Å². The number of ether oxygens (including phenoxy) is 2. The van der Waals surface area contributed by atoms with Crippen molar-refractivity contribution in [2.45, 2.75) is 57.3 Å². The minimum absolute atomic E-state index is 0.00929. The van der Waals surface area contributed by atoms with Crippen LogP contribution in [0.5, 0.6) is 5.75 Å². The Bertz CT molecular complexity index is 1090. The van der Waals surface area contributed by atoms with Gasteiger partial charge in [0, 0.05) is 37.9 Å². The summed E-state index contributed by atoms with van der Waals surface area (Å²) in [5.41, 5.74) is 4.93. The van der Waals surface area contributed by atoms with Gasteiger partial charge in [-0.2, -0.15) is 0 Å². The first-order valence-corrected chi connectivity index (χ1v) is 13.3. The highest BCUT2D eigenvalue weighted by Crippen LogP contribution is 2.40. The van der Waals surface area contributed by atoms with Crippen LogP contribution in [0.1, 0.15) is 67.6 Å². The Kier molecular flexibility index (Phi) is 7.87. The van der Waals surface area contributed by atoms with E-state index in [1.54, 1.807) is 0 Å². The van der Waals surface area contributed by atoms with E-state index in [1.807, 2.05) is 18.2 Å². The maximum Gasteiger partial charge on any atom is 0.232 e. The Hall–Kier alpha value is -2.90. The van der Waals surface area contributed by atoms with Crippen molar-refractivity contribution in [2.75, 3.05) is 50.1 Å². The molecule has 0 aromatic heterocycles. The third kappa shape index (κ3) is 5.90. The number of amides is 2. The van der Waals surface area contributed by atoms with Crippen molar-refractivity contribution in [2.24, 2.45) is 0 Å². The molecule has 1 atom stereocenters. The molecule has 2 amide bonds. The first-order chi connectivity index (χ1) is 17.6. The standard InChI is InChI=1S/C29H37N3O4/c1-20(33)30-23-8-9-24-26(29(34)31-27(24)19-23)18-21-7-10-28(25(17-21)22-5-3-2-4-6-22)36-16-13-32-11-14-35-15-12-32/h7-10,17,19,22,26H,2-6,11-16,18H2,1H3,(H,30,33)(H,31,34). The van der Waals surface area contributed by atoms with E-state index in [4.69, 9.17) is 9.47 Å². The van der Waals surface area contributed by atoms with E-state index in [2.05, 4.69) is 33.7 Å². The van der Waals surface area contributed by atoms with Crippen LogP contribution in [0.3, 0.4) is 0 Å². The van der Waals surface area contributed by atoms with Gasteiger partial charge in [0.2, 0.25) is 11.8 Å². The summed E-state index contributed by atoms with van der Waals surface area (Å²) in [4.78, 5) is 26.7. The van der Waals surface area contributed by atoms with Crippen molar-refractivity contribution < 1.29 is 19.1 Å². The highest BCUT2D eigenvalue weighted by molar-refractivity contribution is 6.04. The fraction of sp³-hybridized carbons (Fsp3) is 0.517. The van der Waals surface area contributed by atoms with E-state index in [-0.39, 0.29) is 17.7 Å². The van der Waals surface area contributed by atoms with Crippen LogP contribution in [-0.2, 0) is 20.7 Å². The second kappa shape index (κ2) is 11.4. The lowest BCUT2D eigenvalue weighted by Crippen LogP contribution is -2.38. The molecule has 2 heterocycles. The summed E-state index contributed by atoms with van der Waals surface area (Å²) in [6, 6.07) is 12.2. The number of anilines is 2. The maximum atomic E-state index is 12.9. The fourth-order valence-electron chi connectivity index (χ4n) is 5.75. The number of benzene rings is 2. The molecular weight excluding hydrogens is 454 g/mol. The van der Waals surface area contributed by atoms with Crippen LogP contribution >= 0.6 is 0 Å². The molecule has 2 aromatic rings. The summed E-state index contributed by atoms with van der Waals surface area (Å²) in [7, 11) is 0. The molecule has 5 rings (SSSR count). The summed E-state index contributed by atoms with van der Waals surface area (Å²) in [6.45, 7) is 6.60. The van der Waals surface area contributed by atoms with Gasteiger partial charge in [0.25, 0.3) is 0 Å². The van der Waals surface area contributed by atoms with Gasteiger partial charge in [-0.05, 0) is 60.1 Å². The van der Waals surface area contributed by atoms with Crippen LogP contribution in [0.2, 0.25) is 0 Å². The van der Waals surface area contributed by atoms with Crippen LogP contribution in [0.25, 0.3) is 0 Å². The van der Waals surface area contributed by atoms with Crippen LogP contribution in [0, 0.1) is 0 Å². The first kappa shape index (κ1) is 24.8. The van der Waals surface area contributed by atoms with Crippen molar-refractivity contribution in [3.8, 4) is 5.75 Å². The van der Waals surface area contributed by atoms with Gasteiger partial charge in [-0.3, -0.25) is 14.5 Å². The molecule has 0 radical (unpaired) electrons. The molecule has 7 heteroatoms. The summed E-state index contributed by atoms with van der Waals surface area (Å²) in [5.74, 6) is 1.16. The molecule has 2 fully saturated rings. The molecule has 0 spiro atoms. The molecule has 1 unspecified atom stereocenters. The van der Waals surface area contributed by atoms with Crippen LogP contribution in [0.4, 0.5) is 11.4 Å². The Morgan fingerprint density at radius 3 is 2.67 bits per heavy atom. The number of carbonyl (C=O) groups excluding carboxylic acids is 2. The first-order valence-electron chi connectivity index (χ1n) is 13.3. The number of nitrogens with one attached hydrogen (secondary N) is 2. The van der Waals surface area contributed by atoms with Crippen molar-refractivity contribution in [3.63, 3.8) is 0 Å². The van der Waals surface area contributed by atoms with Gasteiger partial charge in [-0.25, -0.2) is 0 Å². The number of morpholine rings is 1. The highest BCUT2D eigenvalue weighted by atomic mass is 16.5. The van der Waals surface area contributed by atoms with E-state index in [1.165, 1.54) is 44.6 Å². The second-order valence-electron chi connectivity index (χ2n) is 10.2. The van der Waals surface area contributed by atoms with Crippen molar-refractivity contribution >= 4 is 23.2 Å². The largest absolute Gasteiger partial charge is 0.492 e. The monoisotopic (exact) mass is 491 g/mol. The Morgan fingerprint density at radius 1 is 1.08 bits per heavy atom. The zero-order valence-electron chi connectivity index (χ0n) is 21.2. The minimum atomic E-state index is -0.237. The van der Waals surface area contributed by atoms with Crippen LogP contribution in [0.15, 0.2) is 36.4 Å².